The van der Waals surface area contributed by atoms with E-state index >= 15 is 0 Å². The summed E-state index contributed by atoms with van der Waals surface area (Å²) in [7, 11) is 0. The molecule has 1 unspecified atom stereocenters. The van der Waals surface area contributed by atoms with Gasteiger partial charge in [0, 0.05) is 6.04 Å². The summed E-state index contributed by atoms with van der Waals surface area (Å²) in [4.78, 5) is 14.2. The zero-order valence-corrected chi connectivity index (χ0v) is 11.6. The number of nitrogens with zero attached hydrogens (tertiary/aromatic N) is 1. The maximum atomic E-state index is 13.5. The van der Waals surface area contributed by atoms with Gasteiger partial charge in [-0.3, -0.25) is 9.69 Å². The van der Waals surface area contributed by atoms with Gasteiger partial charge in [-0.2, -0.15) is 0 Å². The van der Waals surface area contributed by atoms with E-state index in [1.165, 1.54) is 6.07 Å². The van der Waals surface area contributed by atoms with Crippen molar-refractivity contribution in [2.75, 3.05) is 25.0 Å². The van der Waals surface area contributed by atoms with E-state index in [-0.39, 0.29) is 11.6 Å². The summed E-state index contributed by atoms with van der Waals surface area (Å²) in [5.41, 5.74) is 5.78. The Labute approximate surface area is 119 Å². The van der Waals surface area contributed by atoms with Crippen LogP contribution >= 0.6 is 0 Å². The molecule has 0 aromatic heterocycles. The third kappa shape index (κ3) is 4.02. The third-order valence-electron chi connectivity index (χ3n) is 3.74. The second-order valence-electron chi connectivity index (χ2n) is 5.23. The Morgan fingerprint density at radius 3 is 3.00 bits per heavy atom. The SMILES string of the molecule is NCCCC1CCCN1CC(=O)Nc1ccccc1F. The second-order valence-corrected chi connectivity index (χ2v) is 5.23. The smallest absolute Gasteiger partial charge is 0.238 e. The highest BCUT2D eigenvalue weighted by atomic mass is 19.1. The Kier molecular flexibility index (Phi) is 5.49. The van der Waals surface area contributed by atoms with Gasteiger partial charge in [0.1, 0.15) is 5.82 Å². The number of anilines is 1. The van der Waals surface area contributed by atoms with E-state index in [1.807, 2.05) is 0 Å². The lowest BCUT2D eigenvalue weighted by Gasteiger charge is -2.23. The van der Waals surface area contributed by atoms with Gasteiger partial charge in [-0.25, -0.2) is 4.39 Å². The molecule has 1 aromatic carbocycles. The van der Waals surface area contributed by atoms with Gasteiger partial charge in [-0.05, 0) is 50.9 Å². The molecule has 0 aliphatic carbocycles. The van der Waals surface area contributed by atoms with Gasteiger partial charge in [-0.15, -0.1) is 0 Å². The summed E-state index contributed by atoms with van der Waals surface area (Å²) < 4.78 is 13.5. The van der Waals surface area contributed by atoms with Gasteiger partial charge in [0.05, 0.1) is 12.2 Å². The van der Waals surface area contributed by atoms with Gasteiger partial charge < -0.3 is 11.1 Å². The number of benzene rings is 1. The fourth-order valence-electron chi connectivity index (χ4n) is 2.72. The largest absolute Gasteiger partial charge is 0.330 e. The van der Waals surface area contributed by atoms with Crippen LogP contribution in [0.25, 0.3) is 0 Å². The van der Waals surface area contributed by atoms with Gasteiger partial charge in [0.2, 0.25) is 5.91 Å². The number of nitrogens with one attached hydrogen (secondary N) is 1. The molecule has 0 bridgehead atoms. The molecular weight excluding hydrogens is 257 g/mol. The zero-order chi connectivity index (χ0) is 14.4. The number of likely N-dealkylation sites (tertiary alicyclic amines) is 1. The summed E-state index contributed by atoms with van der Waals surface area (Å²) in [5, 5.41) is 2.63. The molecular formula is C15H22FN3O. The van der Waals surface area contributed by atoms with Crippen LogP contribution in [0.2, 0.25) is 0 Å². The van der Waals surface area contributed by atoms with Crippen molar-refractivity contribution in [2.45, 2.75) is 31.7 Å². The van der Waals surface area contributed by atoms with E-state index in [9.17, 15) is 9.18 Å². The Hall–Kier alpha value is -1.46. The van der Waals surface area contributed by atoms with Crippen molar-refractivity contribution in [3.05, 3.63) is 30.1 Å². The molecule has 1 amide bonds. The van der Waals surface area contributed by atoms with Crippen LogP contribution in [0.15, 0.2) is 24.3 Å². The normalized spacial score (nSPS) is 19.2. The van der Waals surface area contributed by atoms with E-state index in [0.717, 1.165) is 32.2 Å². The molecule has 110 valence electrons. The summed E-state index contributed by atoms with van der Waals surface area (Å²) in [6.07, 6.45) is 4.24. The van der Waals surface area contributed by atoms with Crippen molar-refractivity contribution in [3.8, 4) is 0 Å². The van der Waals surface area contributed by atoms with Crippen LogP contribution in [0.4, 0.5) is 10.1 Å². The van der Waals surface area contributed by atoms with Crippen molar-refractivity contribution < 1.29 is 9.18 Å². The van der Waals surface area contributed by atoms with Crippen LogP contribution in [0.5, 0.6) is 0 Å². The highest BCUT2D eigenvalue weighted by Gasteiger charge is 2.25. The highest BCUT2D eigenvalue weighted by molar-refractivity contribution is 5.92. The number of carbonyl (C=O) groups is 1. The molecule has 0 saturated carbocycles. The topological polar surface area (TPSA) is 58.4 Å². The average molecular weight is 279 g/mol. The lowest BCUT2D eigenvalue weighted by atomic mass is 10.1. The molecule has 1 heterocycles. The fraction of sp³-hybridized carbons (Fsp3) is 0.533. The first-order valence-electron chi connectivity index (χ1n) is 7.19. The Bertz CT molecular complexity index is 452. The molecule has 2 rings (SSSR count). The van der Waals surface area contributed by atoms with Crippen LogP contribution in [-0.2, 0) is 4.79 Å². The Balaban J connectivity index is 1.86. The van der Waals surface area contributed by atoms with Crippen LogP contribution < -0.4 is 11.1 Å². The predicted octanol–water partition coefficient (Wildman–Crippen LogP) is 1.97. The van der Waals surface area contributed by atoms with E-state index < -0.39 is 5.82 Å². The molecule has 20 heavy (non-hydrogen) atoms. The number of amides is 1. The van der Waals surface area contributed by atoms with Crippen LogP contribution in [0.3, 0.4) is 0 Å². The molecule has 3 N–H and O–H groups in total. The second kappa shape index (κ2) is 7.36. The lowest BCUT2D eigenvalue weighted by Crippen LogP contribution is -2.37. The van der Waals surface area contributed by atoms with Crippen LogP contribution in [-0.4, -0.2) is 36.5 Å². The molecule has 5 heteroatoms. The van der Waals surface area contributed by atoms with Gasteiger partial charge in [-0.1, -0.05) is 12.1 Å². The minimum Gasteiger partial charge on any atom is -0.330 e. The fourth-order valence-corrected chi connectivity index (χ4v) is 2.72. The van der Waals surface area contributed by atoms with Crippen LogP contribution in [0, 0.1) is 5.82 Å². The minimum atomic E-state index is -0.401. The number of para-hydroxylation sites is 1. The Morgan fingerprint density at radius 2 is 2.25 bits per heavy atom. The van der Waals surface area contributed by atoms with Crippen molar-refractivity contribution in [2.24, 2.45) is 5.73 Å². The summed E-state index contributed by atoms with van der Waals surface area (Å²) in [6, 6.07) is 6.66. The molecule has 0 spiro atoms. The maximum absolute atomic E-state index is 13.5. The summed E-state index contributed by atoms with van der Waals surface area (Å²) in [5.74, 6) is -0.559. The van der Waals surface area contributed by atoms with E-state index in [0.29, 0.717) is 19.1 Å². The van der Waals surface area contributed by atoms with Crippen molar-refractivity contribution in [1.82, 2.24) is 4.90 Å². The highest BCUT2D eigenvalue weighted by Crippen LogP contribution is 2.21. The number of rotatable bonds is 6. The number of carbonyl (C=O) groups excluding carboxylic acids is 1. The standard InChI is InChI=1S/C15H22FN3O/c16-13-7-1-2-8-14(13)18-15(20)11-19-10-4-6-12(19)5-3-9-17/h1-2,7-8,12H,3-6,9-11,17H2,(H,18,20). The summed E-state index contributed by atoms with van der Waals surface area (Å²) in [6.45, 7) is 1.94. The van der Waals surface area contributed by atoms with Crippen molar-refractivity contribution in [1.29, 1.82) is 0 Å². The number of nitrogens with two attached hydrogens (primary N) is 1. The lowest BCUT2D eigenvalue weighted by molar-refractivity contribution is -0.117. The Morgan fingerprint density at radius 1 is 1.45 bits per heavy atom. The van der Waals surface area contributed by atoms with Crippen LogP contribution in [0.1, 0.15) is 25.7 Å². The minimum absolute atomic E-state index is 0.158. The molecule has 1 aromatic rings. The number of hydrogen-bond donors (Lipinski definition) is 2. The number of halogens is 1. The maximum Gasteiger partial charge on any atom is 0.238 e. The molecule has 1 fully saturated rings. The zero-order valence-electron chi connectivity index (χ0n) is 11.6. The third-order valence-corrected chi connectivity index (χ3v) is 3.74. The van der Waals surface area contributed by atoms with Crippen molar-refractivity contribution >= 4 is 11.6 Å². The quantitative estimate of drug-likeness (QED) is 0.837. The first kappa shape index (κ1) is 14.9. The molecule has 1 aliphatic rings. The first-order valence-corrected chi connectivity index (χ1v) is 7.19. The van der Waals surface area contributed by atoms with Crippen molar-refractivity contribution in [3.63, 3.8) is 0 Å². The molecule has 1 atom stereocenters. The monoisotopic (exact) mass is 279 g/mol. The van der Waals surface area contributed by atoms with Gasteiger partial charge >= 0.3 is 0 Å². The van der Waals surface area contributed by atoms with E-state index in [4.69, 9.17) is 5.73 Å². The van der Waals surface area contributed by atoms with Gasteiger partial charge in [0.25, 0.3) is 0 Å². The van der Waals surface area contributed by atoms with E-state index in [2.05, 4.69) is 10.2 Å². The van der Waals surface area contributed by atoms with Gasteiger partial charge in [0.15, 0.2) is 0 Å². The molecule has 1 aliphatic heterocycles. The first-order chi connectivity index (χ1) is 9.70. The molecule has 1 saturated heterocycles. The number of hydrogen-bond acceptors (Lipinski definition) is 3. The predicted molar refractivity (Wildman–Crippen MR) is 77.9 cm³/mol. The summed E-state index contributed by atoms with van der Waals surface area (Å²) >= 11 is 0. The average Bonchev–Trinajstić information content (AvgIpc) is 2.86. The van der Waals surface area contributed by atoms with E-state index in [1.54, 1.807) is 18.2 Å². The molecule has 0 radical (unpaired) electrons. The molecule has 4 nitrogen and oxygen atoms in total.